The third kappa shape index (κ3) is 7.22. The van der Waals surface area contributed by atoms with Crippen molar-refractivity contribution in [2.45, 2.75) is 19.1 Å². The third-order valence-electron chi connectivity index (χ3n) is 4.69. The van der Waals surface area contributed by atoms with Gasteiger partial charge in [-0.15, -0.1) is 0 Å². The summed E-state index contributed by atoms with van der Waals surface area (Å²) in [6, 6.07) is 20.7. The number of aromatic hydroxyl groups is 1. The molecule has 34 heavy (non-hydrogen) atoms. The van der Waals surface area contributed by atoms with Crippen molar-refractivity contribution >= 4 is 40.3 Å². The van der Waals surface area contributed by atoms with Gasteiger partial charge in [-0.05, 0) is 78.1 Å². The fraction of sp³-hybridized carbons (Fsp3) is 0.120. The number of rotatable bonds is 8. The van der Waals surface area contributed by atoms with Crippen LogP contribution < -0.4 is 15.5 Å². The summed E-state index contributed by atoms with van der Waals surface area (Å²) in [6.45, 7) is 1.93. The molecule has 3 aromatic carbocycles. The van der Waals surface area contributed by atoms with E-state index in [-0.39, 0.29) is 11.3 Å². The third-order valence-corrected chi connectivity index (χ3v) is 5.36. The maximum absolute atomic E-state index is 12.8. The highest BCUT2D eigenvalue weighted by Crippen LogP contribution is 2.34. The van der Waals surface area contributed by atoms with E-state index in [9.17, 15) is 14.7 Å². The van der Waals surface area contributed by atoms with Crippen LogP contribution in [0.25, 0.3) is 0 Å². The van der Waals surface area contributed by atoms with E-state index in [0.29, 0.717) is 11.4 Å². The van der Waals surface area contributed by atoms with Crippen LogP contribution in [0.2, 0.25) is 0 Å². The topological polar surface area (TPSA) is 117 Å². The monoisotopic (exact) mass is 574 g/mol. The smallest absolute Gasteiger partial charge is 0.412 e. The first kappa shape index (κ1) is 25.1. The largest absolute Gasteiger partial charge is 0.508 e. The number of hydroxylamine groups is 1. The van der Waals surface area contributed by atoms with Crippen molar-refractivity contribution in [3.63, 3.8) is 0 Å². The van der Waals surface area contributed by atoms with E-state index in [1.165, 1.54) is 17.6 Å². The fourth-order valence-corrected chi connectivity index (χ4v) is 3.55. The lowest BCUT2D eigenvalue weighted by Crippen LogP contribution is -2.30. The van der Waals surface area contributed by atoms with Crippen molar-refractivity contribution in [3.05, 3.63) is 99.6 Å². The number of phenols is 1. The van der Waals surface area contributed by atoms with Crippen molar-refractivity contribution in [1.29, 1.82) is 0 Å². The summed E-state index contributed by atoms with van der Waals surface area (Å²) >= 11 is 2.07. The number of hydrogen-bond acceptors (Lipinski definition) is 6. The van der Waals surface area contributed by atoms with Crippen molar-refractivity contribution in [2.75, 3.05) is 5.32 Å². The molecule has 0 aliphatic carbocycles. The highest BCUT2D eigenvalue weighted by atomic mass is 127. The van der Waals surface area contributed by atoms with Gasteiger partial charge in [0.05, 0.1) is 0 Å². The van der Waals surface area contributed by atoms with E-state index in [1.807, 2.05) is 25.1 Å². The van der Waals surface area contributed by atoms with Crippen molar-refractivity contribution in [3.8, 4) is 11.5 Å². The quantitative estimate of drug-likeness (QED) is 0.129. The van der Waals surface area contributed by atoms with Gasteiger partial charge in [-0.1, -0.05) is 35.9 Å². The molecule has 4 N–H and O–H groups in total. The Morgan fingerprint density at radius 1 is 1.03 bits per heavy atom. The fourth-order valence-electron chi connectivity index (χ4n) is 3.04. The normalized spacial score (nSPS) is 12.6. The zero-order valence-electron chi connectivity index (χ0n) is 18.1. The molecular weight excluding hydrogens is 551 g/mol. The molecule has 2 amide bonds. The van der Waals surface area contributed by atoms with Gasteiger partial charge < -0.3 is 14.6 Å². The number of amides is 2. The van der Waals surface area contributed by atoms with E-state index >= 15 is 0 Å². The minimum absolute atomic E-state index is 0.116. The Bertz CT molecular complexity index is 1150. The van der Waals surface area contributed by atoms with Gasteiger partial charge in [-0.25, -0.2) is 10.3 Å². The predicted molar refractivity (Wildman–Crippen MR) is 135 cm³/mol. The molecule has 3 aromatic rings. The van der Waals surface area contributed by atoms with Crippen LogP contribution in [0.15, 0.2) is 84.9 Å². The van der Waals surface area contributed by atoms with Crippen LogP contribution in [0.3, 0.4) is 0 Å². The Labute approximate surface area is 210 Å². The molecule has 0 spiro atoms. The van der Waals surface area contributed by atoms with E-state index in [0.717, 1.165) is 15.2 Å². The maximum Gasteiger partial charge on any atom is 0.412 e. The first-order valence-corrected chi connectivity index (χ1v) is 11.3. The number of phenolic OH excluding ortho intramolecular Hbond substituents is 1. The van der Waals surface area contributed by atoms with E-state index in [2.05, 4.69) is 27.9 Å². The van der Waals surface area contributed by atoms with Crippen LogP contribution in [0.1, 0.15) is 17.2 Å². The highest BCUT2D eigenvalue weighted by Gasteiger charge is 2.30. The summed E-state index contributed by atoms with van der Waals surface area (Å²) < 4.78 is 12.5. The van der Waals surface area contributed by atoms with E-state index < -0.39 is 24.2 Å². The van der Waals surface area contributed by atoms with Gasteiger partial charge in [0, 0.05) is 20.9 Å². The molecule has 0 aromatic heterocycles. The first-order chi connectivity index (χ1) is 16.4. The van der Waals surface area contributed by atoms with Gasteiger partial charge in [-0.2, -0.15) is 0 Å². The summed E-state index contributed by atoms with van der Waals surface area (Å²) in [5, 5.41) is 22.1. The molecule has 0 radical (unpaired) electrons. The molecule has 0 heterocycles. The second-order valence-corrected chi connectivity index (χ2v) is 8.50. The lowest BCUT2D eigenvalue weighted by atomic mass is 10.0. The summed E-state index contributed by atoms with van der Waals surface area (Å²) in [5.41, 5.74) is 3.34. The number of para-hydroxylation sites is 1. The second-order valence-electron chi connectivity index (χ2n) is 7.25. The molecular formula is C25H23IN2O6. The maximum atomic E-state index is 12.8. The molecule has 3 rings (SSSR count). The molecule has 9 heteroatoms. The molecule has 0 aliphatic rings. The lowest BCUT2D eigenvalue weighted by Gasteiger charge is -2.27. The van der Waals surface area contributed by atoms with Gasteiger partial charge >= 0.3 is 6.09 Å². The number of anilines is 1. The summed E-state index contributed by atoms with van der Waals surface area (Å²) in [7, 11) is 0. The van der Waals surface area contributed by atoms with E-state index in [4.69, 9.17) is 14.7 Å². The molecule has 8 nitrogen and oxygen atoms in total. The zero-order chi connectivity index (χ0) is 24.5. The first-order valence-electron chi connectivity index (χ1n) is 10.2. The van der Waals surface area contributed by atoms with Crippen molar-refractivity contribution in [1.82, 2.24) is 5.48 Å². The average molecular weight is 574 g/mol. The number of carbonyl (C=O) groups is 2. The van der Waals surface area contributed by atoms with Gasteiger partial charge in [0.1, 0.15) is 11.5 Å². The van der Waals surface area contributed by atoms with Crippen molar-refractivity contribution in [2.24, 2.45) is 0 Å². The number of ether oxygens (including phenoxy) is 2. The number of carbonyl (C=O) groups excluding carboxylic acids is 2. The molecule has 0 aliphatic heterocycles. The van der Waals surface area contributed by atoms with Gasteiger partial charge in [0.25, 0.3) is 5.91 Å². The van der Waals surface area contributed by atoms with Crippen LogP contribution in [-0.2, 0) is 9.53 Å². The number of benzene rings is 3. The van der Waals surface area contributed by atoms with Crippen LogP contribution in [0.5, 0.6) is 11.5 Å². The van der Waals surface area contributed by atoms with Crippen LogP contribution in [0.4, 0.5) is 10.5 Å². The molecule has 0 saturated heterocycles. The molecule has 0 saturated carbocycles. The molecule has 0 bridgehead atoms. The minimum atomic E-state index is -1.15. The second kappa shape index (κ2) is 12.1. The van der Waals surface area contributed by atoms with E-state index in [1.54, 1.807) is 48.5 Å². The number of aryl methyl sites for hydroxylation is 1. The predicted octanol–water partition coefficient (Wildman–Crippen LogP) is 5.10. The summed E-state index contributed by atoms with van der Waals surface area (Å²) in [6.07, 6.45) is -0.585. The molecule has 176 valence electrons. The number of nitrogens with one attached hydrogen (secondary N) is 2. The number of hydrogen-bond donors (Lipinski definition) is 4. The summed E-state index contributed by atoms with van der Waals surface area (Å²) in [5.74, 6) is -0.467. The Balaban J connectivity index is 1.97. The lowest BCUT2D eigenvalue weighted by molar-refractivity contribution is -0.124. The van der Waals surface area contributed by atoms with Crippen LogP contribution >= 0.6 is 22.6 Å². The van der Waals surface area contributed by atoms with Crippen LogP contribution in [0, 0.1) is 10.5 Å². The summed E-state index contributed by atoms with van der Waals surface area (Å²) in [4.78, 5) is 24.5. The number of halogens is 1. The standard InChI is InChI=1S/C25H23IN2O6/c1-16-7-10-18(11-8-16)27-25(31)34-24(20-15-17(26)9-12-21(20)29)22(13-14-23(30)28-32)33-19-5-3-2-4-6-19/h2-15,22,24,29,32H,1H3,(H,27,31)(H,28,30)/b14-13+/t22-,24-/m1/s1. The Kier molecular flexibility index (Phi) is 8.88. The van der Waals surface area contributed by atoms with Crippen molar-refractivity contribution < 1.29 is 29.4 Å². The molecule has 0 fully saturated rings. The Morgan fingerprint density at radius 2 is 1.74 bits per heavy atom. The average Bonchev–Trinajstić information content (AvgIpc) is 2.84. The Morgan fingerprint density at radius 3 is 2.41 bits per heavy atom. The minimum Gasteiger partial charge on any atom is -0.508 e. The molecule has 2 atom stereocenters. The zero-order valence-corrected chi connectivity index (χ0v) is 20.3. The Hall–Kier alpha value is -3.57. The highest BCUT2D eigenvalue weighted by molar-refractivity contribution is 14.1. The van der Waals surface area contributed by atoms with Gasteiger partial charge in [0.15, 0.2) is 12.2 Å². The SMILES string of the molecule is Cc1ccc(NC(=O)O[C@H](c2cc(I)ccc2O)[C@@H](/C=C/C(=O)NO)Oc2ccccc2)cc1. The van der Waals surface area contributed by atoms with Gasteiger partial charge in [-0.3, -0.25) is 15.3 Å². The van der Waals surface area contributed by atoms with Crippen LogP contribution in [-0.4, -0.2) is 28.4 Å². The van der Waals surface area contributed by atoms with Gasteiger partial charge in [0.2, 0.25) is 0 Å². The molecule has 0 unspecified atom stereocenters.